The van der Waals surface area contributed by atoms with Crippen LogP contribution in [0.25, 0.3) is 0 Å². The Morgan fingerprint density at radius 3 is 2.70 bits per heavy atom. The number of anilines is 2. The molecule has 0 spiro atoms. The number of halogens is 3. The summed E-state index contributed by atoms with van der Waals surface area (Å²) in [5.41, 5.74) is 0.0733. The van der Waals surface area contributed by atoms with Crippen LogP contribution in [-0.2, 0) is 12.7 Å². The van der Waals surface area contributed by atoms with Crippen molar-refractivity contribution in [2.45, 2.75) is 12.7 Å². The summed E-state index contributed by atoms with van der Waals surface area (Å²) in [5, 5.41) is 14.1. The Bertz CT molecular complexity index is 1350. The highest BCUT2D eigenvalue weighted by Gasteiger charge is 2.37. The van der Waals surface area contributed by atoms with Gasteiger partial charge in [0.25, 0.3) is 11.8 Å². The van der Waals surface area contributed by atoms with Crippen LogP contribution in [0.1, 0.15) is 31.8 Å². The van der Waals surface area contributed by atoms with Crippen molar-refractivity contribution in [1.82, 2.24) is 20.2 Å². The van der Waals surface area contributed by atoms with Gasteiger partial charge in [-0.25, -0.2) is 4.98 Å². The van der Waals surface area contributed by atoms with E-state index < -0.39 is 23.5 Å². The van der Waals surface area contributed by atoms with E-state index in [9.17, 15) is 22.8 Å². The van der Waals surface area contributed by atoms with E-state index in [0.717, 1.165) is 0 Å². The number of rotatable bonds is 8. The lowest BCUT2D eigenvalue weighted by atomic mass is 10.1. The van der Waals surface area contributed by atoms with Crippen LogP contribution in [0.2, 0.25) is 0 Å². The average molecular weight is 517 g/mol. The van der Waals surface area contributed by atoms with Gasteiger partial charge in [0.05, 0.1) is 25.0 Å². The third-order valence-corrected chi connectivity index (χ3v) is 5.45. The number of nitrogens with zero attached hydrogens (tertiary/aromatic N) is 3. The van der Waals surface area contributed by atoms with E-state index in [0.29, 0.717) is 18.3 Å². The second-order valence-corrected chi connectivity index (χ2v) is 7.98. The maximum atomic E-state index is 13.7. The van der Waals surface area contributed by atoms with Gasteiger partial charge in [-0.3, -0.25) is 9.59 Å². The van der Waals surface area contributed by atoms with Crippen LogP contribution in [0.4, 0.5) is 24.8 Å². The highest BCUT2D eigenvalue weighted by Crippen LogP contribution is 2.40. The molecular formula is C24H22F3N5O5. The number of carbonyl (C=O) groups is 2. The molecule has 0 unspecified atom stereocenters. The van der Waals surface area contributed by atoms with Crippen molar-refractivity contribution < 1.29 is 37.3 Å². The normalized spacial score (nSPS) is 12.8. The minimum Gasteiger partial charge on any atom is -0.495 e. The van der Waals surface area contributed by atoms with Gasteiger partial charge in [0.1, 0.15) is 17.1 Å². The molecule has 1 aliphatic heterocycles. The summed E-state index contributed by atoms with van der Waals surface area (Å²) in [5.74, 6) is -1.72. The first kappa shape index (κ1) is 25.7. The molecule has 194 valence electrons. The molecule has 0 bridgehead atoms. The average Bonchev–Trinajstić information content (AvgIpc) is 3.16. The van der Waals surface area contributed by atoms with Gasteiger partial charge in [-0.15, -0.1) is 0 Å². The number of aliphatic hydroxyl groups is 1. The number of hydrogen-bond donors (Lipinski definition) is 3. The Hall–Kier alpha value is -4.39. The molecule has 0 fully saturated rings. The Morgan fingerprint density at radius 2 is 2.00 bits per heavy atom. The van der Waals surface area contributed by atoms with Crippen molar-refractivity contribution >= 4 is 23.5 Å². The van der Waals surface area contributed by atoms with Crippen molar-refractivity contribution in [3.8, 4) is 17.4 Å². The van der Waals surface area contributed by atoms with Crippen LogP contribution < -0.4 is 20.1 Å². The predicted molar refractivity (Wildman–Crippen MR) is 125 cm³/mol. The fourth-order valence-electron chi connectivity index (χ4n) is 3.68. The zero-order valence-corrected chi connectivity index (χ0v) is 19.7. The first-order chi connectivity index (χ1) is 17.6. The number of ether oxygens (including phenoxy) is 2. The van der Waals surface area contributed by atoms with Gasteiger partial charge in [0.2, 0.25) is 11.8 Å². The molecule has 1 aromatic heterocycles. The van der Waals surface area contributed by atoms with Crippen LogP contribution in [0.5, 0.6) is 17.4 Å². The van der Waals surface area contributed by atoms with Crippen molar-refractivity contribution in [3.05, 3.63) is 64.8 Å². The summed E-state index contributed by atoms with van der Waals surface area (Å²) >= 11 is 0. The molecule has 0 radical (unpaired) electrons. The Balaban J connectivity index is 1.67. The molecule has 0 atom stereocenters. The quantitative estimate of drug-likeness (QED) is 0.416. The van der Waals surface area contributed by atoms with Crippen LogP contribution in [0, 0.1) is 0 Å². The van der Waals surface area contributed by atoms with E-state index in [2.05, 4.69) is 20.6 Å². The second kappa shape index (κ2) is 10.3. The zero-order chi connectivity index (χ0) is 26.7. The SMILES string of the molecule is COc1cc(C(=O)NCCO)ccc1Nc1ncc(C(F)(F)F)c(Oc2cccc3c2C(=O)N(C)C3)n1. The monoisotopic (exact) mass is 517 g/mol. The van der Waals surface area contributed by atoms with Gasteiger partial charge < -0.3 is 30.1 Å². The van der Waals surface area contributed by atoms with Crippen LogP contribution in [0.15, 0.2) is 42.6 Å². The highest BCUT2D eigenvalue weighted by molar-refractivity contribution is 6.01. The number of fused-ring (bicyclic) bond motifs is 1. The predicted octanol–water partition coefficient (Wildman–Crippen LogP) is 3.35. The van der Waals surface area contributed by atoms with E-state index in [1.54, 1.807) is 19.2 Å². The number of alkyl halides is 3. The van der Waals surface area contributed by atoms with Crippen LogP contribution in [-0.4, -0.2) is 59.1 Å². The molecule has 3 N–H and O–H groups in total. The van der Waals surface area contributed by atoms with Crippen molar-refractivity contribution in [2.75, 3.05) is 32.6 Å². The smallest absolute Gasteiger partial charge is 0.423 e. The molecule has 4 rings (SSSR count). The molecule has 3 aromatic rings. The van der Waals surface area contributed by atoms with Gasteiger partial charge in [0.15, 0.2) is 0 Å². The van der Waals surface area contributed by atoms with E-state index in [4.69, 9.17) is 14.6 Å². The van der Waals surface area contributed by atoms with Crippen molar-refractivity contribution in [1.29, 1.82) is 0 Å². The lowest BCUT2D eigenvalue weighted by Crippen LogP contribution is -2.26. The molecule has 0 aliphatic carbocycles. The number of benzene rings is 2. The third-order valence-electron chi connectivity index (χ3n) is 5.45. The fourth-order valence-corrected chi connectivity index (χ4v) is 3.68. The van der Waals surface area contributed by atoms with Crippen molar-refractivity contribution in [2.24, 2.45) is 0 Å². The van der Waals surface area contributed by atoms with Gasteiger partial charge in [-0.1, -0.05) is 12.1 Å². The van der Waals surface area contributed by atoms with E-state index >= 15 is 0 Å². The highest BCUT2D eigenvalue weighted by atomic mass is 19.4. The lowest BCUT2D eigenvalue weighted by molar-refractivity contribution is -0.139. The zero-order valence-electron chi connectivity index (χ0n) is 19.7. The number of aromatic nitrogens is 2. The Kier molecular flexibility index (Phi) is 7.16. The minimum absolute atomic E-state index is 0.0576. The van der Waals surface area contributed by atoms with Gasteiger partial charge in [-0.2, -0.15) is 18.2 Å². The first-order valence-electron chi connectivity index (χ1n) is 11.0. The fraction of sp³-hybridized carbons (Fsp3) is 0.250. The van der Waals surface area contributed by atoms with Gasteiger partial charge >= 0.3 is 6.18 Å². The van der Waals surface area contributed by atoms with E-state index in [-0.39, 0.29) is 53.3 Å². The maximum Gasteiger partial charge on any atom is 0.423 e. The Morgan fingerprint density at radius 1 is 1.22 bits per heavy atom. The van der Waals surface area contributed by atoms with Crippen LogP contribution in [0.3, 0.4) is 0 Å². The number of amides is 2. The lowest BCUT2D eigenvalue weighted by Gasteiger charge is -2.16. The molecule has 2 amide bonds. The van der Waals surface area contributed by atoms with Crippen LogP contribution >= 0.6 is 0 Å². The number of hydrogen-bond acceptors (Lipinski definition) is 8. The van der Waals surface area contributed by atoms with E-state index in [1.807, 2.05) is 0 Å². The summed E-state index contributed by atoms with van der Waals surface area (Å²) < 4.78 is 52.0. The summed E-state index contributed by atoms with van der Waals surface area (Å²) in [6.07, 6.45) is -4.25. The molecule has 10 nitrogen and oxygen atoms in total. The molecule has 2 aromatic carbocycles. The largest absolute Gasteiger partial charge is 0.495 e. The molecule has 0 saturated heterocycles. The summed E-state index contributed by atoms with van der Waals surface area (Å²) in [6.45, 7) is 0.145. The molecule has 0 saturated carbocycles. The standard InChI is InChI=1S/C24H22F3N5O5/c1-32-12-14-4-3-5-17(19(14)22(32)35)37-21-15(24(25,26)27)11-29-23(31-21)30-16-7-6-13(10-18(16)36-2)20(34)28-8-9-33/h3-7,10-11,33H,8-9,12H2,1-2H3,(H,28,34)(H,29,30,31). The number of nitrogens with one attached hydrogen (secondary N) is 2. The Labute approximate surface area is 209 Å². The maximum absolute atomic E-state index is 13.7. The summed E-state index contributed by atoms with van der Waals surface area (Å²) in [4.78, 5) is 33.8. The number of methoxy groups -OCH3 is 1. The molecule has 2 heterocycles. The molecular weight excluding hydrogens is 495 g/mol. The third kappa shape index (κ3) is 5.40. The van der Waals surface area contributed by atoms with Gasteiger partial charge in [-0.05, 0) is 29.8 Å². The van der Waals surface area contributed by atoms with Gasteiger partial charge in [0, 0.05) is 31.9 Å². The van der Waals surface area contributed by atoms with E-state index in [1.165, 1.54) is 36.3 Å². The molecule has 1 aliphatic rings. The summed E-state index contributed by atoms with van der Waals surface area (Å²) in [6, 6.07) is 9.00. The molecule has 37 heavy (non-hydrogen) atoms. The topological polar surface area (TPSA) is 126 Å². The minimum atomic E-state index is -4.83. The molecule has 13 heteroatoms. The summed E-state index contributed by atoms with van der Waals surface area (Å²) in [7, 11) is 2.93. The van der Waals surface area contributed by atoms with Crippen molar-refractivity contribution in [3.63, 3.8) is 0 Å². The number of aliphatic hydroxyl groups excluding tert-OH is 1. The number of carbonyl (C=O) groups excluding carboxylic acids is 2. The first-order valence-corrected chi connectivity index (χ1v) is 11.0. The second-order valence-electron chi connectivity index (χ2n) is 7.98.